The van der Waals surface area contributed by atoms with Crippen molar-refractivity contribution in [3.63, 3.8) is 0 Å². The van der Waals surface area contributed by atoms with Crippen LogP contribution in [0.1, 0.15) is 23.2 Å². The van der Waals surface area contributed by atoms with Gasteiger partial charge in [-0.2, -0.15) is 18.4 Å². The van der Waals surface area contributed by atoms with Crippen LogP contribution in [0.3, 0.4) is 0 Å². The van der Waals surface area contributed by atoms with Crippen LogP contribution in [0.5, 0.6) is 0 Å². The number of carbonyl (C=O) groups is 1. The van der Waals surface area contributed by atoms with E-state index in [0.29, 0.717) is 10.7 Å². The highest BCUT2D eigenvalue weighted by Gasteiger charge is 2.44. The van der Waals surface area contributed by atoms with Crippen molar-refractivity contribution in [1.29, 1.82) is 5.26 Å². The Kier molecular flexibility index (Phi) is 6.48. The third-order valence-corrected chi connectivity index (χ3v) is 5.40. The van der Waals surface area contributed by atoms with Crippen molar-refractivity contribution >= 4 is 29.0 Å². The fourth-order valence-corrected chi connectivity index (χ4v) is 3.89. The van der Waals surface area contributed by atoms with Gasteiger partial charge in [0.25, 0.3) is 0 Å². The third kappa shape index (κ3) is 4.42. The summed E-state index contributed by atoms with van der Waals surface area (Å²) in [5, 5.41) is 13.6. The van der Waals surface area contributed by atoms with Gasteiger partial charge in [-0.25, -0.2) is 4.98 Å². The molecule has 0 aliphatic carbocycles. The molecule has 3 rings (SSSR count). The lowest BCUT2D eigenvalue weighted by Gasteiger charge is -2.31. The first-order valence-corrected chi connectivity index (χ1v) is 9.79. The van der Waals surface area contributed by atoms with Gasteiger partial charge in [-0.05, 0) is 43.1 Å². The molecule has 0 saturated carbocycles. The van der Waals surface area contributed by atoms with Crippen molar-refractivity contribution in [2.45, 2.75) is 31.6 Å². The van der Waals surface area contributed by atoms with E-state index >= 15 is 0 Å². The zero-order chi connectivity index (χ0) is 23.6. The number of hydrogen-bond donors (Lipinski definition) is 0. The number of amides is 1. The molecule has 2 aromatic rings. The summed E-state index contributed by atoms with van der Waals surface area (Å²) in [4.78, 5) is 22.9. The third-order valence-electron chi connectivity index (χ3n) is 5.16. The summed E-state index contributed by atoms with van der Waals surface area (Å²) in [7, 11) is 1.48. The van der Waals surface area contributed by atoms with Crippen molar-refractivity contribution in [2.75, 3.05) is 23.4 Å². The quantitative estimate of drug-likeness (QED) is 0.366. The maximum Gasteiger partial charge on any atom is 0.417 e. The number of halogens is 4. The number of benzene rings is 1. The lowest BCUT2D eigenvalue weighted by Crippen LogP contribution is -2.49. The SMILES string of the molecule is Cc1cc(C(F)(F)F)c(C#N)c(N2CC[C@@H](N=[N+]=[N-])[C@H]2C(=O)N(C)c2cccc(Cl)c2)n1. The zero-order valence-corrected chi connectivity index (χ0v) is 17.8. The van der Waals surface area contributed by atoms with Crippen molar-refractivity contribution < 1.29 is 18.0 Å². The van der Waals surface area contributed by atoms with Gasteiger partial charge < -0.3 is 9.80 Å². The number of aromatic nitrogens is 1. The summed E-state index contributed by atoms with van der Waals surface area (Å²) in [6.45, 7) is 1.45. The molecule has 0 bridgehead atoms. The molecule has 1 aromatic carbocycles. The topological polar surface area (TPSA) is 109 Å². The molecule has 1 amide bonds. The van der Waals surface area contributed by atoms with E-state index < -0.39 is 35.3 Å². The van der Waals surface area contributed by atoms with Crippen LogP contribution in [0.2, 0.25) is 5.02 Å². The minimum Gasteiger partial charge on any atom is -0.343 e. The maximum atomic E-state index is 13.6. The Morgan fingerprint density at radius 3 is 2.75 bits per heavy atom. The van der Waals surface area contributed by atoms with Crippen LogP contribution in [0.4, 0.5) is 24.7 Å². The first kappa shape index (κ1) is 23.2. The van der Waals surface area contributed by atoms with Gasteiger partial charge in [0.05, 0.1) is 11.6 Å². The molecule has 8 nitrogen and oxygen atoms in total. The van der Waals surface area contributed by atoms with Gasteiger partial charge in [0.15, 0.2) is 0 Å². The molecule has 0 spiro atoms. The number of hydrogen-bond acceptors (Lipinski definition) is 5. The number of nitriles is 1. The lowest BCUT2D eigenvalue weighted by atomic mass is 10.1. The number of pyridine rings is 1. The second-order valence-electron chi connectivity index (χ2n) is 7.20. The van der Waals surface area contributed by atoms with Crippen LogP contribution in [0, 0.1) is 18.3 Å². The number of aryl methyl sites for hydroxylation is 1. The smallest absolute Gasteiger partial charge is 0.343 e. The Hall–Kier alpha value is -3.48. The average molecular weight is 464 g/mol. The molecule has 12 heteroatoms. The number of nitrogens with zero attached hydrogens (tertiary/aromatic N) is 7. The number of carbonyl (C=O) groups excluding carboxylic acids is 1. The van der Waals surface area contributed by atoms with E-state index in [9.17, 15) is 23.2 Å². The Bertz CT molecular complexity index is 1140. The molecular formula is C20H17ClF3N7O. The molecule has 2 heterocycles. The Morgan fingerprint density at radius 1 is 1.44 bits per heavy atom. The highest BCUT2D eigenvalue weighted by molar-refractivity contribution is 6.30. The molecule has 0 radical (unpaired) electrons. The Balaban J connectivity index is 2.12. The van der Waals surface area contributed by atoms with Crippen LogP contribution in [-0.4, -0.2) is 36.6 Å². The first-order valence-electron chi connectivity index (χ1n) is 9.41. The Morgan fingerprint density at radius 2 is 2.16 bits per heavy atom. The standard InChI is InChI=1S/C20H17ClF3N7O/c1-11-8-15(20(22,23)24)14(10-25)18(27-11)31-7-6-16(28-29-26)17(31)19(32)30(2)13-5-3-4-12(21)9-13/h3-5,8-9,16-17H,6-7H2,1-2H3/t16-,17+/m1/s1. The molecule has 166 valence electrons. The summed E-state index contributed by atoms with van der Waals surface area (Å²) in [6.07, 6.45) is -4.58. The molecule has 1 aromatic heterocycles. The van der Waals surface area contributed by atoms with E-state index in [1.807, 2.05) is 0 Å². The highest BCUT2D eigenvalue weighted by atomic mass is 35.5. The van der Waals surface area contributed by atoms with E-state index in [4.69, 9.17) is 17.1 Å². The summed E-state index contributed by atoms with van der Waals surface area (Å²) in [5.74, 6) is -0.809. The van der Waals surface area contributed by atoms with Gasteiger partial charge in [-0.1, -0.05) is 22.8 Å². The normalized spacial score (nSPS) is 18.1. The van der Waals surface area contributed by atoms with E-state index in [1.165, 1.54) is 23.8 Å². The van der Waals surface area contributed by atoms with Gasteiger partial charge in [0, 0.05) is 34.9 Å². The lowest BCUT2D eigenvalue weighted by molar-refractivity contribution is -0.137. The summed E-state index contributed by atoms with van der Waals surface area (Å²) >= 11 is 6.01. The van der Waals surface area contributed by atoms with Crippen LogP contribution < -0.4 is 9.80 Å². The second kappa shape index (κ2) is 8.94. The van der Waals surface area contributed by atoms with Crippen molar-refractivity contribution in [1.82, 2.24) is 4.98 Å². The van der Waals surface area contributed by atoms with E-state index in [-0.39, 0.29) is 24.5 Å². The summed E-state index contributed by atoms with van der Waals surface area (Å²) in [5.41, 5.74) is 7.61. The highest BCUT2D eigenvalue weighted by Crippen LogP contribution is 2.38. The molecule has 32 heavy (non-hydrogen) atoms. The fraction of sp³-hybridized carbons (Fsp3) is 0.350. The minimum absolute atomic E-state index is 0.0351. The first-order chi connectivity index (χ1) is 15.1. The zero-order valence-electron chi connectivity index (χ0n) is 17.0. The van der Waals surface area contributed by atoms with Gasteiger partial charge in [0.1, 0.15) is 23.5 Å². The molecule has 1 saturated heterocycles. The number of likely N-dealkylation sites (N-methyl/N-ethyl adjacent to an activating group) is 1. The fourth-order valence-electron chi connectivity index (χ4n) is 3.71. The second-order valence-corrected chi connectivity index (χ2v) is 7.63. The van der Waals surface area contributed by atoms with Gasteiger partial charge in [0.2, 0.25) is 5.91 Å². The predicted octanol–water partition coefficient (Wildman–Crippen LogP) is 4.85. The van der Waals surface area contributed by atoms with Crippen LogP contribution in [0.15, 0.2) is 35.4 Å². The molecule has 1 fully saturated rings. The molecule has 1 aliphatic heterocycles. The maximum absolute atomic E-state index is 13.6. The largest absolute Gasteiger partial charge is 0.417 e. The summed E-state index contributed by atoms with van der Waals surface area (Å²) < 4.78 is 40.7. The molecule has 2 atom stereocenters. The molecule has 0 N–H and O–H groups in total. The number of azide groups is 1. The number of rotatable bonds is 4. The van der Waals surface area contributed by atoms with Crippen molar-refractivity contribution in [3.8, 4) is 6.07 Å². The molecule has 0 unspecified atom stereocenters. The average Bonchev–Trinajstić information content (AvgIpc) is 3.15. The van der Waals surface area contributed by atoms with E-state index in [2.05, 4.69) is 15.0 Å². The van der Waals surface area contributed by atoms with Crippen LogP contribution in [-0.2, 0) is 11.0 Å². The molecular weight excluding hydrogens is 447 g/mol. The number of anilines is 2. The van der Waals surface area contributed by atoms with Gasteiger partial charge in [-0.3, -0.25) is 4.79 Å². The predicted molar refractivity (Wildman–Crippen MR) is 112 cm³/mol. The monoisotopic (exact) mass is 463 g/mol. The minimum atomic E-state index is -4.78. The van der Waals surface area contributed by atoms with E-state index in [0.717, 1.165) is 6.07 Å². The van der Waals surface area contributed by atoms with Crippen LogP contribution in [0.25, 0.3) is 10.4 Å². The van der Waals surface area contributed by atoms with Crippen molar-refractivity contribution in [3.05, 3.63) is 62.6 Å². The van der Waals surface area contributed by atoms with Crippen LogP contribution >= 0.6 is 11.6 Å². The van der Waals surface area contributed by atoms with Crippen molar-refractivity contribution in [2.24, 2.45) is 5.11 Å². The van der Waals surface area contributed by atoms with E-state index in [1.54, 1.807) is 30.3 Å². The van der Waals surface area contributed by atoms with Gasteiger partial charge >= 0.3 is 6.18 Å². The molecule has 1 aliphatic rings. The number of alkyl halides is 3. The van der Waals surface area contributed by atoms with Gasteiger partial charge in [-0.15, -0.1) is 0 Å². The summed E-state index contributed by atoms with van der Waals surface area (Å²) in [6, 6.07) is 6.81. The Labute approximate surface area is 186 Å².